The van der Waals surface area contributed by atoms with Gasteiger partial charge in [-0.05, 0) is 69.9 Å². The van der Waals surface area contributed by atoms with Crippen molar-refractivity contribution in [2.24, 2.45) is 10.8 Å². The summed E-state index contributed by atoms with van der Waals surface area (Å²) in [5, 5.41) is 26.7. The molecule has 74 heavy (non-hydrogen) atoms. The number of amides is 2. The Hall–Kier alpha value is -4.10. The number of nitrogens with zero attached hydrogens (tertiary/aromatic N) is 4. The summed E-state index contributed by atoms with van der Waals surface area (Å²) in [6.45, 7) is 8.45. The van der Waals surface area contributed by atoms with Crippen LogP contribution in [0.15, 0.2) is 36.9 Å². The Kier molecular flexibility index (Phi) is 23.0. The smallest absolute Gasteiger partial charge is 0.462 e. The van der Waals surface area contributed by atoms with Gasteiger partial charge in [-0.15, -0.1) is 0 Å². The summed E-state index contributed by atoms with van der Waals surface area (Å²) >= 11 is 0. The van der Waals surface area contributed by atoms with Crippen LogP contribution in [0.1, 0.15) is 123 Å². The minimum Gasteiger partial charge on any atom is -0.462 e. The zero-order valence-corrected chi connectivity index (χ0v) is 45.1. The van der Waals surface area contributed by atoms with Crippen molar-refractivity contribution in [2.75, 3.05) is 32.0 Å². The third-order valence-corrected chi connectivity index (χ3v) is 15.5. The molecule has 0 bridgehead atoms. The molecule has 0 radical (unpaired) electrons. The molecule has 1 saturated heterocycles. The van der Waals surface area contributed by atoms with Gasteiger partial charge in [0, 0.05) is 36.8 Å². The Morgan fingerprint density at radius 1 is 0.838 bits per heavy atom. The molecule has 2 amide bonds. The highest BCUT2D eigenvalue weighted by Gasteiger charge is 2.50. The maximum Gasteiger partial charge on any atom is 0.481 e. The fraction of sp³-hybridized carbons (Fsp3) is 0.667. The van der Waals surface area contributed by atoms with E-state index in [0.29, 0.717) is 12.9 Å². The van der Waals surface area contributed by atoms with E-state index in [-0.39, 0.29) is 48.7 Å². The number of phosphoric acid groups is 3. The molecular weight excluding hydrogens is 1040 g/mol. The van der Waals surface area contributed by atoms with E-state index in [1.54, 1.807) is 0 Å². The van der Waals surface area contributed by atoms with Crippen molar-refractivity contribution in [3.63, 3.8) is 0 Å². The van der Waals surface area contributed by atoms with Crippen LogP contribution in [0.5, 0.6) is 0 Å². The number of hydrogen-bond donors (Lipinski definition) is 9. The van der Waals surface area contributed by atoms with Crippen molar-refractivity contribution in [3.8, 4) is 0 Å². The molecule has 1 aliphatic heterocycles. The molecule has 0 spiro atoms. The van der Waals surface area contributed by atoms with Gasteiger partial charge in [0.15, 0.2) is 17.7 Å². The highest BCUT2D eigenvalue weighted by atomic mass is 31.3. The molecule has 2 aromatic heterocycles. The molecule has 4 rings (SSSR count). The third kappa shape index (κ3) is 20.1. The van der Waals surface area contributed by atoms with Crippen LogP contribution >= 0.6 is 23.5 Å². The van der Waals surface area contributed by atoms with Crippen molar-refractivity contribution in [1.82, 2.24) is 30.2 Å². The number of fused-ring (bicyclic) bond motifs is 1. The Morgan fingerprint density at radius 2 is 1.43 bits per heavy atom. The van der Waals surface area contributed by atoms with E-state index in [9.17, 15) is 62.7 Å². The van der Waals surface area contributed by atoms with Crippen LogP contribution in [0.25, 0.3) is 11.2 Å². The summed E-state index contributed by atoms with van der Waals surface area (Å²) in [7, 11) is -16.5. The van der Waals surface area contributed by atoms with Crippen LogP contribution < -0.4 is 16.4 Å². The lowest BCUT2D eigenvalue weighted by Gasteiger charge is -2.30. The van der Waals surface area contributed by atoms with Gasteiger partial charge in [-0.2, -0.15) is 4.31 Å². The fourth-order valence-electron chi connectivity index (χ4n) is 7.92. The molecule has 3 heterocycles. The van der Waals surface area contributed by atoms with Crippen LogP contribution in [0.4, 0.5) is 5.82 Å². The number of unbranched alkanes of at least 4 members (excludes halogenated alkanes) is 4. The average Bonchev–Trinajstić information content (AvgIpc) is 3.87. The first-order valence-corrected chi connectivity index (χ1v) is 28.6. The SMILES string of the molecule is CC(C)(CCCCc1ccc(CCCCCCC(C)(C)C(=O)CCNC(=O)CCNC(=O)C(O)C(C)(C)COP(=O)(O)OP(=O)(O)OCC2OC(n3cnc4c(N)ncnc43)C(O)C2OP(=O)(O)O)cc1)OC=O. The second kappa shape index (κ2) is 27.3. The molecule has 1 aromatic carbocycles. The molecule has 0 aliphatic carbocycles. The van der Waals surface area contributed by atoms with Crippen LogP contribution in [0, 0.1) is 10.8 Å². The first-order chi connectivity index (χ1) is 34.4. The number of ether oxygens (including phenoxy) is 2. The molecule has 1 aliphatic rings. The van der Waals surface area contributed by atoms with Crippen LogP contribution in [0.3, 0.4) is 0 Å². The lowest BCUT2D eigenvalue weighted by Crippen LogP contribution is -2.46. The number of aryl methyl sites for hydroxylation is 2. The number of rotatable bonds is 34. The predicted octanol–water partition coefficient (Wildman–Crippen LogP) is 4.25. The van der Waals surface area contributed by atoms with Crippen LogP contribution in [-0.4, -0.2) is 130 Å². The number of aliphatic hydroxyl groups is 2. The number of nitrogens with one attached hydrogen (secondary N) is 2. The Labute approximate surface area is 429 Å². The van der Waals surface area contributed by atoms with Crippen molar-refractivity contribution in [1.29, 1.82) is 0 Å². The maximum absolute atomic E-state index is 13.0. The van der Waals surface area contributed by atoms with Gasteiger partial charge in [-0.25, -0.2) is 28.6 Å². The zero-order chi connectivity index (χ0) is 55.1. The average molecular weight is 1110 g/mol. The largest absolute Gasteiger partial charge is 0.481 e. The molecule has 26 nitrogen and oxygen atoms in total. The summed E-state index contributed by atoms with van der Waals surface area (Å²) in [6.07, 6.45) is 2.51. The van der Waals surface area contributed by atoms with E-state index in [1.165, 1.54) is 25.0 Å². The van der Waals surface area contributed by atoms with Gasteiger partial charge >= 0.3 is 23.5 Å². The first kappa shape index (κ1) is 62.4. The molecule has 0 saturated carbocycles. The molecule has 7 unspecified atom stereocenters. The van der Waals surface area contributed by atoms with Gasteiger partial charge < -0.3 is 55.6 Å². The number of imidazole rings is 1. The minimum atomic E-state index is -5.60. The number of anilines is 1. The topological polar surface area (TPSA) is 390 Å². The number of ketones is 1. The van der Waals surface area contributed by atoms with E-state index in [2.05, 4.69) is 58.7 Å². The van der Waals surface area contributed by atoms with Crippen molar-refractivity contribution in [2.45, 2.75) is 155 Å². The van der Waals surface area contributed by atoms with E-state index < -0.39 is 95.6 Å². The van der Waals surface area contributed by atoms with Gasteiger partial charge in [0.25, 0.3) is 6.47 Å². The quantitative estimate of drug-likeness (QED) is 0.0229. The number of hydrogen-bond acceptors (Lipinski definition) is 19. The number of Topliss-reactive ketones (excluding diaryl/α,β-unsaturated/α-hetero) is 1. The number of phosphoric ester groups is 3. The van der Waals surface area contributed by atoms with Gasteiger partial charge in [0.05, 0.1) is 19.5 Å². The number of nitrogens with two attached hydrogens (primary N) is 1. The number of nitrogen functional groups attached to an aromatic ring is 1. The van der Waals surface area contributed by atoms with E-state index >= 15 is 0 Å². The van der Waals surface area contributed by atoms with Crippen LogP contribution in [-0.2, 0) is 73.1 Å². The summed E-state index contributed by atoms with van der Waals surface area (Å²) in [5.41, 5.74) is 5.81. The van der Waals surface area contributed by atoms with Crippen molar-refractivity contribution >= 4 is 64.5 Å². The van der Waals surface area contributed by atoms with Gasteiger partial charge in [0.1, 0.15) is 47.6 Å². The molecule has 416 valence electrons. The summed E-state index contributed by atoms with van der Waals surface area (Å²) in [4.78, 5) is 100. The van der Waals surface area contributed by atoms with E-state index in [1.807, 2.05) is 27.7 Å². The molecule has 29 heteroatoms. The Bertz CT molecular complexity index is 2490. The highest BCUT2D eigenvalue weighted by molar-refractivity contribution is 7.61. The third-order valence-electron chi connectivity index (χ3n) is 12.4. The summed E-state index contributed by atoms with van der Waals surface area (Å²) in [5.74, 6) is -1.49. The predicted molar refractivity (Wildman–Crippen MR) is 265 cm³/mol. The maximum atomic E-state index is 13.0. The lowest BCUT2D eigenvalue weighted by atomic mass is 9.81. The first-order valence-electron chi connectivity index (χ1n) is 24.1. The van der Waals surface area contributed by atoms with E-state index in [4.69, 9.17) is 24.3 Å². The fourth-order valence-corrected chi connectivity index (χ4v) is 10.8. The monoisotopic (exact) mass is 1110 g/mol. The lowest BCUT2D eigenvalue weighted by molar-refractivity contribution is -0.141. The molecular formula is C45H72N7O19P3. The number of benzene rings is 1. The molecule has 10 N–H and O–H groups in total. The summed E-state index contributed by atoms with van der Waals surface area (Å²) in [6, 6.07) is 8.69. The summed E-state index contributed by atoms with van der Waals surface area (Å²) < 4.78 is 67.7. The molecule has 1 fully saturated rings. The van der Waals surface area contributed by atoms with Crippen molar-refractivity contribution in [3.05, 3.63) is 48.0 Å². The highest BCUT2D eigenvalue weighted by Crippen LogP contribution is 2.61. The Balaban J connectivity index is 1.10. The minimum absolute atomic E-state index is 0.00481. The second-order valence-electron chi connectivity index (χ2n) is 20.0. The number of aliphatic hydroxyl groups excluding tert-OH is 2. The number of carbonyl (C=O) groups excluding carboxylic acids is 4. The number of carbonyl (C=O) groups is 4. The normalized spacial score (nSPS) is 19.6. The number of aromatic nitrogens is 4. The standard InChI is InChI=1S/C45H72N7O19P3/c1-43(2,21-11-8-7-9-13-30-15-17-31(18-16-30)14-10-12-22-45(5,6)66-29-53)33(54)19-23-47-34(55)20-24-48-41(58)38(57)44(3,4)26-68-74(64,65)71-73(62,63)67-25-32-37(70-72(59,60)61)36(56)42(69-32)52-28-51-35-39(46)49-27-50-40(35)52/h15-18,27-29,32,36-38,42,56-57H,7-14,19-26H2,1-6H3,(H,47,55)(H,48,58)(H,62,63)(H,64,65)(H2,46,49,50)(H2,59,60,61). The Morgan fingerprint density at radius 3 is 2.07 bits per heavy atom. The van der Waals surface area contributed by atoms with Gasteiger partial charge in [-0.3, -0.25) is 37.3 Å². The zero-order valence-electron chi connectivity index (χ0n) is 42.4. The molecule has 7 atom stereocenters. The van der Waals surface area contributed by atoms with Gasteiger partial charge in [-0.1, -0.05) is 71.2 Å². The second-order valence-corrected chi connectivity index (χ2v) is 24.3. The van der Waals surface area contributed by atoms with Crippen molar-refractivity contribution < 1.29 is 90.0 Å². The van der Waals surface area contributed by atoms with Gasteiger partial charge in [0.2, 0.25) is 11.8 Å². The molecule has 3 aromatic rings. The van der Waals surface area contributed by atoms with Crippen LogP contribution in [0.2, 0.25) is 0 Å². The van der Waals surface area contributed by atoms with E-state index in [0.717, 1.165) is 75.0 Å².